The maximum absolute atomic E-state index is 12.9. The zero-order valence-corrected chi connectivity index (χ0v) is 23.3. The fourth-order valence-electron chi connectivity index (χ4n) is 5.06. The van der Waals surface area contributed by atoms with Crippen molar-refractivity contribution < 1.29 is 31.1 Å². The van der Waals surface area contributed by atoms with Gasteiger partial charge in [-0.05, 0) is 78.4 Å². The van der Waals surface area contributed by atoms with Crippen molar-refractivity contribution in [3.63, 3.8) is 0 Å². The SMILES string of the molecule is CCS(=O)(=O)c1ccc(CNC(=O)c2ccc(N3CC(Cc4ccc(C(F)(F)F)cc4)C[C@H]3COC)cc2)cc1. The number of amides is 1. The van der Waals surface area contributed by atoms with Gasteiger partial charge in [-0.2, -0.15) is 13.2 Å². The fraction of sp³-hybridized carbons (Fsp3) is 0.367. The Morgan fingerprint density at radius 3 is 2.17 bits per heavy atom. The van der Waals surface area contributed by atoms with Gasteiger partial charge in [-0.15, -0.1) is 0 Å². The van der Waals surface area contributed by atoms with Gasteiger partial charge in [0, 0.05) is 31.5 Å². The van der Waals surface area contributed by atoms with Crippen LogP contribution < -0.4 is 10.2 Å². The molecule has 10 heteroatoms. The second-order valence-electron chi connectivity index (χ2n) is 10.0. The van der Waals surface area contributed by atoms with Crippen molar-refractivity contribution in [2.45, 2.75) is 43.4 Å². The summed E-state index contributed by atoms with van der Waals surface area (Å²) < 4.78 is 68.1. The smallest absolute Gasteiger partial charge is 0.383 e. The van der Waals surface area contributed by atoms with Crippen molar-refractivity contribution >= 4 is 21.4 Å². The van der Waals surface area contributed by atoms with Gasteiger partial charge in [-0.1, -0.05) is 31.2 Å². The molecule has 0 radical (unpaired) electrons. The monoisotopic (exact) mass is 574 g/mol. The minimum absolute atomic E-state index is 0.0303. The van der Waals surface area contributed by atoms with E-state index in [1.165, 1.54) is 0 Å². The number of hydrogen-bond acceptors (Lipinski definition) is 5. The largest absolute Gasteiger partial charge is 0.416 e. The molecule has 1 aliphatic heterocycles. The van der Waals surface area contributed by atoms with Crippen LogP contribution in [0.3, 0.4) is 0 Å². The third-order valence-corrected chi connectivity index (χ3v) is 8.99. The molecular weight excluding hydrogens is 541 g/mol. The Morgan fingerprint density at radius 1 is 0.975 bits per heavy atom. The van der Waals surface area contributed by atoms with Gasteiger partial charge in [0.05, 0.1) is 28.9 Å². The molecule has 0 spiro atoms. The molecule has 0 bridgehead atoms. The number of alkyl halides is 3. The van der Waals surface area contributed by atoms with Crippen molar-refractivity contribution in [2.24, 2.45) is 5.92 Å². The summed E-state index contributed by atoms with van der Waals surface area (Å²) in [4.78, 5) is 15.2. The number of carbonyl (C=O) groups excluding carboxylic acids is 1. The van der Waals surface area contributed by atoms with E-state index in [4.69, 9.17) is 4.74 Å². The van der Waals surface area contributed by atoms with Crippen molar-refractivity contribution in [2.75, 3.05) is 30.9 Å². The normalized spacial score (nSPS) is 17.7. The number of sulfone groups is 1. The minimum Gasteiger partial charge on any atom is -0.383 e. The molecule has 214 valence electrons. The Hall–Kier alpha value is -3.37. The van der Waals surface area contributed by atoms with E-state index in [1.807, 2.05) is 12.1 Å². The van der Waals surface area contributed by atoms with Crippen LogP contribution in [0.1, 0.15) is 40.4 Å². The number of nitrogens with one attached hydrogen (secondary N) is 1. The number of hydrogen-bond donors (Lipinski definition) is 1. The number of halogens is 3. The van der Waals surface area contributed by atoms with Gasteiger partial charge in [0.2, 0.25) is 0 Å². The molecule has 0 aromatic heterocycles. The van der Waals surface area contributed by atoms with Gasteiger partial charge >= 0.3 is 6.18 Å². The number of ether oxygens (including phenoxy) is 1. The quantitative estimate of drug-likeness (QED) is 0.346. The summed E-state index contributed by atoms with van der Waals surface area (Å²) in [6.45, 7) is 3.10. The highest BCUT2D eigenvalue weighted by Crippen LogP contribution is 2.33. The molecule has 1 fully saturated rings. The number of methoxy groups -OCH3 is 1. The van der Waals surface area contributed by atoms with E-state index in [1.54, 1.807) is 62.6 Å². The number of rotatable bonds is 10. The van der Waals surface area contributed by atoms with Crippen molar-refractivity contribution in [1.29, 1.82) is 0 Å². The summed E-state index contributed by atoms with van der Waals surface area (Å²) >= 11 is 0. The van der Waals surface area contributed by atoms with Gasteiger partial charge < -0.3 is 15.0 Å². The maximum Gasteiger partial charge on any atom is 0.416 e. The van der Waals surface area contributed by atoms with Gasteiger partial charge in [0.15, 0.2) is 9.84 Å². The molecule has 2 atom stereocenters. The number of anilines is 1. The van der Waals surface area contributed by atoms with Gasteiger partial charge in [-0.25, -0.2) is 8.42 Å². The summed E-state index contributed by atoms with van der Waals surface area (Å²) in [6, 6.07) is 19.2. The van der Waals surface area contributed by atoms with Crippen molar-refractivity contribution in [3.05, 3.63) is 95.1 Å². The topological polar surface area (TPSA) is 75.7 Å². The van der Waals surface area contributed by atoms with Crippen LogP contribution in [0.15, 0.2) is 77.7 Å². The molecular formula is C30H33F3N2O4S. The van der Waals surface area contributed by atoms with E-state index in [9.17, 15) is 26.4 Å². The molecule has 3 aromatic rings. The highest BCUT2D eigenvalue weighted by molar-refractivity contribution is 7.91. The molecule has 1 N–H and O–H groups in total. The predicted octanol–water partition coefficient (Wildman–Crippen LogP) is 5.51. The average molecular weight is 575 g/mol. The lowest BCUT2D eigenvalue weighted by Crippen LogP contribution is -2.33. The second-order valence-corrected chi connectivity index (χ2v) is 12.3. The molecule has 4 rings (SSSR count). The van der Waals surface area contributed by atoms with E-state index in [2.05, 4.69) is 10.2 Å². The Bertz CT molecular complexity index is 1390. The summed E-state index contributed by atoms with van der Waals surface area (Å²) in [5.74, 6) is 0.0353. The molecule has 1 aliphatic rings. The highest BCUT2D eigenvalue weighted by atomic mass is 32.2. The molecule has 0 saturated carbocycles. The van der Waals surface area contributed by atoms with E-state index < -0.39 is 21.6 Å². The number of carbonyl (C=O) groups is 1. The fourth-order valence-corrected chi connectivity index (χ4v) is 5.95. The van der Waals surface area contributed by atoms with Crippen molar-refractivity contribution in [1.82, 2.24) is 5.32 Å². The first-order valence-corrected chi connectivity index (χ1v) is 14.8. The molecule has 0 aliphatic carbocycles. The summed E-state index contributed by atoms with van der Waals surface area (Å²) in [6.07, 6.45) is -2.84. The zero-order valence-electron chi connectivity index (χ0n) is 22.4. The standard InChI is InChI=1S/C30H33F3N2O4S/c1-3-40(37,38)28-14-6-22(7-15-28)18-34-29(36)24-8-12-26(13-9-24)35-19-23(17-27(35)20-39-2)16-21-4-10-25(11-5-21)30(31,32)33/h4-15,23,27H,3,16-20H2,1-2H3,(H,34,36)/t23?,27-/m0/s1. The first-order chi connectivity index (χ1) is 19.0. The Labute approximate surface area is 233 Å². The lowest BCUT2D eigenvalue weighted by molar-refractivity contribution is -0.137. The van der Waals surface area contributed by atoms with Crippen LogP contribution in [0.5, 0.6) is 0 Å². The minimum atomic E-state index is -4.35. The Morgan fingerprint density at radius 2 is 1.60 bits per heavy atom. The molecule has 1 heterocycles. The number of benzene rings is 3. The Kier molecular flexibility index (Phi) is 9.20. The van der Waals surface area contributed by atoms with E-state index >= 15 is 0 Å². The summed E-state index contributed by atoms with van der Waals surface area (Å²) in [5, 5.41) is 2.86. The third kappa shape index (κ3) is 7.22. The van der Waals surface area contributed by atoms with Crippen LogP contribution in [0, 0.1) is 5.92 Å². The van der Waals surface area contributed by atoms with E-state index in [0.29, 0.717) is 18.6 Å². The number of nitrogens with zero attached hydrogens (tertiary/aromatic N) is 1. The van der Waals surface area contributed by atoms with Crippen molar-refractivity contribution in [3.8, 4) is 0 Å². The molecule has 3 aromatic carbocycles. The summed E-state index contributed by atoms with van der Waals surface area (Å²) in [7, 11) is -1.63. The van der Waals surface area contributed by atoms with Crippen LogP contribution in [-0.4, -0.2) is 46.4 Å². The van der Waals surface area contributed by atoms with Gasteiger partial charge in [0.1, 0.15) is 0 Å². The van der Waals surface area contributed by atoms with E-state index in [0.717, 1.165) is 41.9 Å². The maximum atomic E-state index is 12.9. The van der Waals surface area contributed by atoms with Gasteiger partial charge in [0.25, 0.3) is 5.91 Å². The molecule has 1 amide bonds. The first kappa shape index (κ1) is 29.6. The van der Waals surface area contributed by atoms with Crippen LogP contribution in [0.2, 0.25) is 0 Å². The predicted molar refractivity (Wildman–Crippen MR) is 148 cm³/mol. The van der Waals surface area contributed by atoms with Crippen LogP contribution in [0.4, 0.5) is 18.9 Å². The van der Waals surface area contributed by atoms with E-state index in [-0.39, 0.29) is 35.1 Å². The van der Waals surface area contributed by atoms with Crippen LogP contribution in [0.25, 0.3) is 0 Å². The molecule has 1 saturated heterocycles. The lowest BCUT2D eigenvalue weighted by Gasteiger charge is -2.26. The third-order valence-electron chi connectivity index (χ3n) is 7.24. The Balaban J connectivity index is 1.36. The second kappa shape index (κ2) is 12.4. The zero-order chi connectivity index (χ0) is 28.9. The van der Waals surface area contributed by atoms with Crippen LogP contribution in [-0.2, 0) is 33.7 Å². The lowest BCUT2D eigenvalue weighted by atomic mass is 9.96. The highest BCUT2D eigenvalue weighted by Gasteiger charge is 2.33. The first-order valence-electron chi connectivity index (χ1n) is 13.1. The summed E-state index contributed by atoms with van der Waals surface area (Å²) in [5.41, 5.74) is 2.45. The van der Waals surface area contributed by atoms with Gasteiger partial charge in [-0.3, -0.25) is 4.79 Å². The molecule has 6 nitrogen and oxygen atoms in total. The molecule has 40 heavy (non-hydrogen) atoms. The average Bonchev–Trinajstić information content (AvgIpc) is 3.34. The molecule has 1 unspecified atom stereocenters. The van der Waals surface area contributed by atoms with Crippen LogP contribution >= 0.6 is 0 Å².